The molecule has 3 N–H and O–H groups in total. The van der Waals surface area contributed by atoms with Crippen LogP contribution in [-0.4, -0.2) is 36.6 Å². The summed E-state index contributed by atoms with van der Waals surface area (Å²) in [7, 11) is 5.99. The maximum atomic E-state index is 5.99. The highest BCUT2D eigenvalue weighted by molar-refractivity contribution is 6.30. The topological polar surface area (TPSA) is 54.2 Å². The van der Waals surface area contributed by atoms with Gasteiger partial charge in [-0.2, -0.15) is 0 Å². The van der Waals surface area contributed by atoms with Crippen LogP contribution in [0.5, 0.6) is 0 Å². The maximum absolute atomic E-state index is 5.99. The molecule has 1 aromatic rings. The summed E-state index contributed by atoms with van der Waals surface area (Å²) in [5.41, 5.74) is 6.76. The zero-order valence-electron chi connectivity index (χ0n) is 11.1. The largest absolute Gasteiger partial charge is 0.383 e. The summed E-state index contributed by atoms with van der Waals surface area (Å²) in [4.78, 5) is 6.26. The monoisotopic (exact) mass is 256 g/mol. The second kappa shape index (κ2) is 5.21. The van der Waals surface area contributed by atoms with Gasteiger partial charge in [-0.15, -0.1) is 0 Å². The minimum Gasteiger partial charge on any atom is -0.383 e. The summed E-state index contributed by atoms with van der Waals surface area (Å²) in [6, 6.07) is 1.93. The fourth-order valence-electron chi connectivity index (χ4n) is 1.84. The van der Waals surface area contributed by atoms with Crippen LogP contribution < -0.4 is 11.1 Å². The maximum Gasteiger partial charge on any atom is 0.128 e. The highest BCUT2D eigenvalue weighted by Crippen LogP contribution is 2.32. The lowest BCUT2D eigenvalue weighted by Crippen LogP contribution is -2.48. The van der Waals surface area contributed by atoms with Crippen LogP contribution in [0.2, 0.25) is 5.02 Å². The fraction of sp³-hybridized carbons (Fsp3) is 0.583. The SMILES string of the molecule is CNC(c1cc(Cl)cnc1N)C(C)(C)N(C)C. The Morgan fingerprint density at radius 1 is 1.47 bits per heavy atom. The minimum absolute atomic E-state index is 0.0590. The Balaban J connectivity index is 3.22. The molecule has 0 saturated carbocycles. The van der Waals surface area contributed by atoms with Crippen LogP contribution in [0.25, 0.3) is 0 Å². The minimum atomic E-state index is -0.102. The second-order valence-corrected chi connectivity index (χ2v) is 5.33. The molecule has 0 amide bonds. The number of nitrogen functional groups attached to an aromatic ring is 1. The first-order valence-electron chi connectivity index (χ1n) is 5.56. The third kappa shape index (κ3) is 2.89. The van der Waals surface area contributed by atoms with Gasteiger partial charge in [0, 0.05) is 17.3 Å². The van der Waals surface area contributed by atoms with Crippen LogP contribution in [0.3, 0.4) is 0 Å². The van der Waals surface area contributed by atoms with Gasteiger partial charge in [0.05, 0.1) is 11.1 Å². The lowest BCUT2D eigenvalue weighted by Gasteiger charge is -2.40. The van der Waals surface area contributed by atoms with Crippen molar-refractivity contribution in [2.75, 3.05) is 26.9 Å². The molecular weight excluding hydrogens is 236 g/mol. The molecule has 0 aromatic carbocycles. The molecule has 1 atom stereocenters. The smallest absolute Gasteiger partial charge is 0.128 e. The molecule has 96 valence electrons. The molecule has 4 nitrogen and oxygen atoms in total. The molecule has 0 radical (unpaired) electrons. The number of pyridine rings is 1. The van der Waals surface area contributed by atoms with Crippen molar-refractivity contribution in [3.05, 3.63) is 22.8 Å². The predicted molar refractivity (Wildman–Crippen MR) is 73.2 cm³/mol. The lowest BCUT2D eigenvalue weighted by atomic mass is 9.88. The molecule has 0 bridgehead atoms. The number of nitrogens with two attached hydrogens (primary N) is 1. The highest BCUT2D eigenvalue weighted by atomic mass is 35.5. The van der Waals surface area contributed by atoms with Crippen LogP contribution in [-0.2, 0) is 0 Å². The molecular formula is C12H21ClN4. The zero-order valence-corrected chi connectivity index (χ0v) is 11.8. The fourth-order valence-corrected chi connectivity index (χ4v) is 2.01. The van der Waals surface area contributed by atoms with E-state index >= 15 is 0 Å². The van der Waals surface area contributed by atoms with Crippen molar-refractivity contribution >= 4 is 17.4 Å². The van der Waals surface area contributed by atoms with E-state index < -0.39 is 0 Å². The molecule has 5 heteroatoms. The van der Waals surface area contributed by atoms with Gasteiger partial charge in [-0.3, -0.25) is 0 Å². The molecule has 0 spiro atoms. The van der Waals surface area contributed by atoms with Crippen molar-refractivity contribution in [2.24, 2.45) is 0 Å². The third-order valence-electron chi connectivity index (χ3n) is 3.37. The van der Waals surface area contributed by atoms with E-state index in [9.17, 15) is 0 Å². The molecule has 0 fully saturated rings. The lowest BCUT2D eigenvalue weighted by molar-refractivity contribution is 0.143. The Morgan fingerprint density at radius 2 is 2.06 bits per heavy atom. The average Bonchev–Trinajstić information content (AvgIpc) is 2.23. The van der Waals surface area contributed by atoms with Crippen molar-refractivity contribution < 1.29 is 0 Å². The van der Waals surface area contributed by atoms with Crippen LogP contribution in [0.1, 0.15) is 25.5 Å². The summed E-state index contributed by atoms with van der Waals surface area (Å²) in [6.45, 7) is 4.29. The van der Waals surface area contributed by atoms with E-state index in [0.29, 0.717) is 10.8 Å². The molecule has 0 saturated heterocycles. The van der Waals surface area contributed by atoms with Crippen LogP contribution in [0.15, 0.2) is 12.3 Å². The second-order valence-electron chi connectivity index (χ2n) is 4.90. The number of nitrogens with one attached hydrogen (secondary N) is 1. The quantitative estimate of drug-likeness (QED) is 0.864. The van der Waals surface area contributed by atoms with Crippen LogP contribution in [0.4, 0.5) is 5.82 Å². The molecule has 0 aliphatic carbocycles. The number of aromatic nitrogens is 1. The van der Waals surface area contributed by atoms with Crippen molar-refractivity contribution in [1.82, 2.24) is 15.2 Å². The van der Waals surface area contributed by atoms with Crippen LogP contribution in [0, 0.1) is 0 Å². The van der Waals surface area contributed by atoms with Crippen LogP contribution >= 0.6 is 11.6 Å². The first kappa shape index (κ1) is 14.2. The van der Waals surface area contributed by atoms with Gasteiger partial charge in [-0.1, -0.05) is 11.6 Å². The molecule has 1 unspecified atom stereocenters. The Kier molecular flexibility index (Phi) is 4.36. The Hall–Kier alpha value is -0.840. The number of anilines is 1. The van der Waals surface area contributed by atoms with Crippen molar-refractivity contribution in [1.29, 1.82) is 0 Å². The number of rotatable bonds is 4. The molecule has 0 aliphatic rings. The number of hydrogen-bond acceptors (Lipinski definition) is 4. The number of nitrogens with zero attached hydrogens (tertiary/aromatic N) is 2. The summed E-state index contributed by atoms with van der Waals surface area (Å²) in [5, 5.41) is 3.89. The van der Waals surface area contributed by atoms with Crippen molar-refractivity contribution in [3.8, 4) is 0 Å². The number of hydrogen-bond donors (Lipinski definition) is 2. The summed E-state index contributed by atoms with van der Waals surface area (Å²) < 4.78 is 0. The van der Waals surface area contributed by atoms with E-state index in [1.807, 2.05) is 27.2 Å². The summed E-state index contributed by atoms with van der Waals surface area (Å²) >= 11 is 5.99. The molecule has 1 heterocycles. The Morgan fingerprint density at radius 3 is 2.53 bits per heavy atom. The van der Waals surface area contributed by atoms with E-state index in [2.05, 4.69) is 29.0 Å². The van der Waals surface area contributed by atoms with Gasteiger partial charge in [0.1, 0.15) is 5.82 Å². The highest BCUT2D eigenvalue weighted by Gasteiger charge is 2.33. The Labute approximate surface area is 108 Å². The van der Waals surface area contributed by atoms with Gasteiger partial charge >= 0.3 is 0 Å². The van der Waals surface area contributed by atoms with E-state index in [4.69, 9.17) is 17.3 Å². The molecule has 1 rings (SSSR count). The van der Waals surface area contributed by atoms with Gasteiger partial charge < -0.3 is 16.0 Å². The molecule has 0 aliphatic heterocycles. The van der Waals surface area contributed by atoms with Gasteiger partial charge in [-0.25, -0.2) is 4.98 Å². The molecule has 17 heavy (non-hydrogen) atoms. The summed E-state index contributed by atoms with van der Waals surface area (Å²) in [5.74, 6) is 0.517. The predicted octanol–water partition coefficient (Wildman–Crippen LogP) is 1.92. The number of likely N-dealkylation sites (N-methyl/N-ethyl adjacent to an activating group) is 2. The van der Waals surface area contributed by atoms with Gasteiger partial charge in [0.15, 0.2) is 0 Å². The van der Waals surface area contributed by atoms with Gasteiger partial charge in [-0.05, 0) is 41.1 Å². The zero-order chi connectivity index (χ0) is 13.2. The van der Waals surface area contributed by atoms with E-state index in [-0.39, 0.29) is 11.6 Å². The van der Waals surface area contributed by atoms with E-state index in [1.54, 1.807) is 6.20 Å². The number of halogens is 1. The third-order valence-corrected chi connectivity index (χ3v) is 3.58. The van der Waals surface area contributed by atoms with E-state index in [1.165, 1.54) is 0 Å². The Bertz CT molecular complexity index is 390. The molecule has 1 aromatic heterocycles. The first-order chi connectivity index (χ1) is 7.80. The first-order valence-corrected chi connectivity index (χ1v) is 5.94. The van der Waals surface area contributed by atoms with Crippen molar-refractivity contribution in [3.63, 3.8) is 0 Å². The normalized spacial score (nSPS) is 14.1. The van der Waals surface area contributed by atoms with E-state index in [0.717, 1.165) is 5.56 Å². The van der Waals surface area contributed by atoms with Crippen molar-refractivity contribution in [2.45, 2.75) is 25.4 Å². The average molecular weight is 257 g/mol. The van der Waals surface area contributed by atoms with Gasteiger partial charge in [0.25, 0.3) is 0 Å². The summed E-state index contributed by atoms with van der Waals surface area (Å²) in [6.07, 6.45) is 1.57. The van der Waals surface area contributed by atoms with Gasteiger partial charge in [0.2, 0.25) is 0 Å². The standard InChI is InChI=1S/C12H21ClN4/c1-12(2,17(4)5)10(15-3)9-6-8(13)7-16-11(9)14/h6-7,10,15H,1-5H3,(H2,14,16).